The summed E-state index contributed by atoms with van der Waals surface area (Å²) in [6, 6.07) is 11.6. The Kier molecular flexibility index (Phi) is 6.41. The van der Waals surface area contributed by atoms with Gasteiger partial charge in [-0.25, -0.2) is 4.98 Å². The molecule has 4 heterocycles. The van der Waals surface area contributed by atoms with Crippen LogP contribution in [-0.2, 0) is 17.9 Å². The lowest BCUT2D eigenvalue weighted by Gasteiger charge is -2.32. The molecule has 10 heteroatoms. The maximum Gasteiger partial charge on any atom is 0.236 e. The van der Waals surface area contributed by atoms with Crippen LogP contribution in [0.2, 0.25) is 5.02 Å². The number of halogens is 1. The number of pyridine rings is 1. The van der Waals surface area contributed by atoms with Gasteiger partial charge in [0, 0.05) is 50.9 Å². The Hall–Kier alpha value is -3.48. The van der Waals surface area contributed by atoms with E-state index in [4.69, 9.17) is 11.6 Å². The molecule has 0 radical (unpaired) electrons. The molecule has 1 saturated heterocycles. The third-order valence-electron chi connectivity index (χ3n) is 6.71. The average Bonchev–Trinajstić information content (AvgIpc) is 3.20. The molecule has 0 bridgehead atoms. The summed E-state index contributed by atoms with van der Waals surface area (Å²) in [6.07, 6.45) is 3.50. The summed E-state index contributed by atoms with van der Waals surface area (Å²) >= 11 is 6.35. The van der Waals surface area contributed by atoms with Crippen molar-refractivity contribution in [2.45, 2.75) is 31.8 Å². The molecule has 0 N–H and O–H groups in total. The number of hydrogen-bond donors (Lipinski definition) is 0. The molecule has 1 aromatic carbocycles. The zero-order chi connectivity index (χ0) is 24.5. The Labute approximate surface area is 209 Å². The number of carbonyl (C=O) groups is 1. The van der Waals surface area contributed by atoms with Crippen LogP contribution in [0.3, 0.4) is 0 Å². The highest BCUT2D eigenvalue weighted by Crippen LogP contribution is 2.34. The van der Waals surface area contributed by atoms with Crippen LogP contribution in [0.5, 0.6) is 0 Å². The minimum atomic E-state index is 0.0446. The minimum absolute atomic E-state index is 0.0446. The Morgan fingerprint density at radius 2 is 1.97 bits per heavy atom. The number of amides is 1. The average molecular weight is 491 g/mol. The lowest BCUT2D eigenvalue weighted by Crippen LogP contribution is -2.35. The monoisotopic (exact) mass is 490 g/mol. The molecule has 35 heavy (non-hydrogen) atoms. The van der Waals surface area contributed by atoms with Gasteiger partial charge in [0.2, 0.25) is 5.91 Å². The molecule has 3 aromatic rings. The first-order valence-corrected chi connectivity index (χ1v) is 12.1. The van der Waals surface area contributed by atoms with Crippen LogP contribution in [0.4, 0.5) is 5.82 Å². The van der Waals surface area contributed by atoms with Gasteiger partial charge < -0.3 is 9.80 Å². The van der Waals surface area contributed by atoms with E-state index in [9.17, 15) is 10.1 Å². The normalized spacial score (nSPS) is 16.2. The van der Waals surface area contributed by atoms with E-state index < -0.39 is 0 Å². The molecule has 5 rings (SSSR count). The molecule has 2 aromatic heterocycles. The molecule has 1 fully saturated rings. The molecule has 0 saturated carbocycles. The highest BCUT2D eigenvalue weighted by atomic mass is 35.5. The van der Waals surface area contributed by atoms with E-state index >= 15 is 0 Å². The number of hydrogen-bond acceptors (Lipinski definition) is 7. The molecule has 0 aliphatic carbocycles. The first-order valence-electron chi connectivity index (χ1n) is 11.7. The number of benzene rings is 1. The van der Waals surface area contributed by atoms with Gasteiger partial charge in [0.25, 0.3) is 0 Å². The van der Waals surface area contributed by atoms with Crippen molar-refractivity contribution in [1.29, 1.82) is 5.26 Å². The van der Waals surface area contributed by atoms with Crippen LogP contribution in [0, 0.1) is 11.3 Å². The number of nitrogens with zero attached hydrogens (tertiary/aromatic N) is 8. The topological polar surface area (TPSA) is 94.2 Å². The van der Waals surface area contributed by atoms with Crippen LogP contribution in [0.25, 0.3) is 5.69 Å². The van der Waals surface area contributed by atoms with Crippen LogP contribution >= 0.6 is 11.6 Å². The molecule has 0 unspecified atom stereocenters. The second-order valence-corrected chi connectivity index (χ2v) is 9.73. The second-order valence-electron chi connectivity index (χ2n) is 9.29. The third-order valence-corrected chi connectivity index (χ3v) is 6.95. The molecule has 180 valence electrons. The fraction of sp³-hybridized carbons (Fsp3) is 0.400. The summed E-state index contributed by atoms with van der Waals surface area (Å²) in [7, 11) is 3.54. The molecule has 2 aliphatic rings. The van der Waals surface area contributed by atoms with Gasteiger partial charge in [0.1, 0.15) is 11.6 Å². The Bertz CT molecular complexity index is 1290. The molecule has 9 nitrogen and oxygen atoms in total. The lowest BCUT2D eigenvalue weighted by atomic mass is 9.95. The zero-order valence-electron chi connectivity index (χ0n) is 19.9. The van der Waals surface area contributed by atoms with Crippen molar-refractivity contribution in [2.24, 2.45) is 0 Å². The fourth-order valence-corrected chi connectivity index (χ4v) is 5.02. The quantitative estimate of drug-likeness (QED) is 0.555. The summed E-state index contributed by atoms with van der Waals surface area (Å²) in [5.41, 5.74) is 2.70. The highest BCUT2D eigenvalue weighted by molar-refractivity contribution is 6.30. The summed E-state index contributed by atoms with van der Waals surface area (Å²) < 4.78 is 2.17. The summed E-state index contributed by atoms with van der Waals surface area (Å²) in [5, 5.41) is 19.1. The third kappa shape index (κ3) is 4.72. The number of fused-ring (bicyclic) bond motifs is 3. The number of likely N-dealkylation sites (N-methyl/N-ethyl adjacent to an activating group) is 1. The van der Waals surface area contributed by atoms with E-state index in [1.165, 1.54) is 0 Å². The Morgan fingerprint density at radius 3 is 2.71 bits per heavy atom. The van der Waals surface area contributed by atoms with Crippen molar-refractivity contribution in [3.05, 3.63) is 64.3 Å². The smallest absolute Gasteiger partial charge is 0.236 e. The minimum Gasteiger partial charge on any atom is -0.357 e. The molecule has 1 amide bonds. The first-order chi connectivity index (χ1) is 16.9. The van der Waals surface area contributed by atoms with Gasteiger partial charge in [-0.2, -0.15) is 5.26 Å². The number of rotatable bonds is 4. The van der Waals surface area contributed by atoms with Crippen molar-refractivity contribution in [3.63, 3.8) is 0 Å². The molecular weight excluding hydrogens is 464 g/mol. The Balaban J connectivity index is 1.42. The van der Waals surface area contributed by atoms with Crippen LogP contribution in [0.1, 0.15) is 41.5 Å². The first kappa shape index (κ1) is 23.3. The number of aromatic nitrogens is 4. The summed E-state index contributed by atoms with van der Waals surface area (Å²) in [4.78, 5) is 22.8. The van der Waals surface area contributed by atoms with Crippen molar-refractivity contribution in [3.8, 4) is 11.8 Å². The number of anilines is 1. The van der Waals surface area contributed by atoms with Crippen molar-refractivity contribution in [2.75, 3.05) is 38.6 Å². The van der Waals surface area contributed by atoms with Gasteiger partial charge in [0.05, 0.1) is 30.4 Å². The SMILES string of the molecule is CN(C)C(=O)CN1Cc2cc(Cl)ccc2-n2c(nnc2C2CCN(c3cc(C#N)ccn3)CC2)C1. The van der Waals surface area contributed by atoms with Gasteiger partial charge in [-0.05, 0) is 48.7 Å². The predicted molar refractivity (Wildman–Crippen MR) is 132 cm³/mol. The molecule has 2 aliphatic heterocycles. The van der Waals surface area contributed by atoms with Gasteiger partial charge in [-0.3, -0.25) is 14.3 Å². The van der Waals surface area contributed by atoms with E-state index in [0.29, 0.717) is 30.2 Å². The van der Waals surface area contributed by atoms with Crippen molar-refractivity contribution < 1.29 is 4.79 Å². The van der Waals surface area contributed by atoms with Crippen LogP contribution < -0.4 is 4.90 Å². The maximum atomic E-state index is 12.4. The van der Waals surface area contributed by atoms with Gasteiger partial charge in [0.15, 0.2) is 5.82 Å². The lowest BCUT2D eigenvalue weighted by molar-refractivity contribution is -0.130. The van der Waals surface area contributed by atoms with Crippen molar-refractivity contribution in [1.82, 2.24) is 29.5 Å². The molecule has 0 spiro atoms. The summed E-state index contributed by atoms with van der Waals surface area (Å²) in [6.45, 7) is 3.09. The number of nitriles is 1. The molecular formula is C25H27ClN8O. The van der Waals surface area contributed by atoms with E-state index in [1.54, 1.807) is 31.3 Å². The van der Waals surface area contributed by atoms with E-state index in [1.807, 2.05) is 24.3 Å². The van der Waals surface area contributed by atoms with Crippen LogP contribution in [-0.4, -0.2) is 69.2 Å². The standard InChI is InChI=1S/C25H27ClN8O/c1-31(2)24(35)16-32-14-19-12-20(26)3-4-21(19)34-23(15-32)29-30-25(34)18-6-9-33(10-7-18)22-11-17(13-27)5-8-28-22/h3-5,8,11-12,18H,6-7,9-10,14-16H2,1-2H3. The van der Waals surface area contributed by atoms with E-state index in [0.717, 1.165) is 54.6 Å². The molecule has 0 atom stereocenters. The van der Waals surface area contributed by atoms with Crippen molar-refractivity contribution >= 4 is 23.3 Å². The maximum absolute atomic E-state index is 12.4. The van der Waals surface area contributed by atoms with Gasteiger partial charge >= 0.3 is 0 Å². The zero-order valence-corrected chi connectivity index (χ0v) is 20.6. The van der Waals surface area contributed by atoms with Crippen LogP contribution in [0.15, 0.2) is 36.5 Å². The highest BCUT2D eigenvalue weighted by Gasteiger charge is 2.31. The van der Waals surface area contributed by atoms with E-state index in [2.05, 4.69) is 35.6 Å². The second kappa shape index (κ2) is 9.64. The fourth-order valence-electron chi connectivity index (χ4n) is 4.83. The number of carbonyl (C=O) groups excluding carboxylic acids is 1. The Morgan fingerprint density at radius 1 is 1.17 bits per heavy atom. The largest absolute Gasteiger partial charge is 0.357 e. The van der Waals surface area contributed by atoms with Gasteiger partial charge in [-0.1, -0.05) is 11.6 Å². The summed E-state index contributed by atoms with van der Waals surface area (Å²) in [5.74, 6) is 2.90. The van der Waals surface area contributed by atoms with Gasteiger partial charge in [-0.15, -0.1) is 10.2 Å². The van der Waals surface area contributed by atoms with E-state index in [-0.39, 0.29) is 11.8 Å². The predicted octanol–water partition coefficient (Wildman–Crippen LogP) is 2.98. The number of piperidine rings is 1.